The molecule has 2 aliphatic rings. The number of rotatable bonds is 6. The van der Waals surface area contributed by atoms with Crippen molar-refractivity contribution in [2.24, 2.45) is 10.9 Å². The molecule has 28 heavy (non-hydrogen) atoms. The first-order valence-corrected chi connectivity index (χ1v) is 10.5. The van der Waals surface area contributed by atoms with Crippen molar-refractivity contribution < 1.29 is 0 Å². The lowest BCUT2D eigenvalue weighted by molar-refractivity contribution is 0.254. The minimum Gasteiger partial charge on any atom is -0.356 e. The summed E-state index contributed by atoms with van der Waals surface area (Å²) in [6.45, 7) is 8.59. The first kappa shape index (κ1) is 23.1. The van der Waals surface area contributed by atoms with Crippen molar-refractivity contribution in [2.75, 3.05) is 51.2 Å². The number of anilines is 1. The molecule has 158 valence electrons. The predicted molar refractivity (Wildman–Crippen MR) is 127 cm³/mol. The van der Waals surface area contributed by atoms with Crippen LogP contribution in [0.3, 0.4) is 0 Å². The summed E-state index contributed by atoms with van der Waals surface area (Å²) in [4.78, 5) is 17.9. The van der Waals surface area contributed by atoms with Crippen LogP contribution < -0.4 is 15.5 Å². The maximum atomic E-state index is 4.39. The van der Waals surface area contributed by atoms with Crippen LogP contribution in [0, 0.1) is 5.92 Å². The maximum absolute atomic E-state index is 4.39. The number of hydrogen-bond donors (Lipinski definition) is 2. The number of halogens is 1. The highest BCUT2D eigenvalue weighted by Gasteiger charge is 2.20. The van der Waals surface area contributed by atoms with Crippen molar-refractivity contribution in [3.05, 3.63) is 18.5 Å². The van der Waals surface area contributed by atoms with Gasteiger partial charge in [-0.15, -0.1) is 24.0 Å². The molecule has 7 nitrogen and oxygen atoms in total. The van der Waals surface area contributed by atoms with Gasteiger partial charge in [-0.05, 0) is 50.6 Å². The van der Waals surface area contributed by atoms with Crippen molar-refractivity contribution in [1.29, 1.82) is 0 Å². The van der Waals surface area contributed by atoms with Crippen molar-refractivity contribution in [3.63, 3.8) is 0 Å². The zero-order valence-electron chi connectivity index (χ0n) is 17.3. The van der Waals surface area contributed by atoms with Gasteiger partial charge in [0.15, 0.2) is 5.96 Å². The van der Waals surface area contributed by atoms with Gasteiger partial charge in [-0.25, -0.2) is 9.97 Å². The van der Waals surface area contributed by atoms with E-state index in [4.69, 9.17) is 0 Å². The average Bonchev–Trinajstić information content (AvgIpc) is 2.73. The fraction of sp³-hybridized carbons (Fsp3) is 0.750. The van der Waals surface area contributed by atoms with Gasteiger partial charge in [-0.2, -0.15) is 0 Å². The molecule has 1 aromatic heterocycles. The molecular formula is C20H36IN7. The second-order valence-corrected chi connectivity index (χ2v) is 7.83. The van der Waals surface area contributed by atoms with Crippen molar-refractivity contribution in [2.45, 2.75) is 45.1 Å². The SMILES string of the molecule is CN=C(NCCCN1CCN(c2ncccn2)CC1)NC1CCC(C)CC1.I. The number of aliphatic imine (C=N–C) groups is 1. The van der Waals surface area contributed by atoms with Gasteiger partial charge in [0, 0.05) is 58.2 Å². The van der Waals surface area contributed by atoms with E-state index >= 15 is 0 Å². The summed E-state index contributed by atoms with van der Waals surface area (Å²) >= 11 is 0. The van der Waals surface area contributed by atoms with Gasteiger partial charge in [0.2, 0.25) is 5.95 Å². The first-order valence-electron chi connectivity index (χ1n) is 10.5. The van der Waals surface area contributed by atoms with Crippen LogP contribution in [0.25, 0.3) is 0 Å². The Balaban J connectivity index is 0.00000280. The highest BCUT2D eigenvalue weighted by atomic mass is 127. The van der Waals surface area contributed by atoms with E-state index in [-0.39, 0.29) is 24.0 Å². The first-order chi connectivity index (χ1) is 13.2. The van der Waals surface area contributed by atoms with Gasteiger partial charge in [-0.3, -0.25) is 9.89 Å². The van der Waals surface area contributed by atoms with Gasteiger partial charge in [0.25, 0.3) is 0 Å². The van der Waals surface area contributed by atoms with Crippen LogP contribution in [0.5, 0.6) is 0 Å². The van der Waals surface area contributed by atoms with Gasteiger partial charge in [-0.1, -0.05) is 6.92 Å². The van der Waals surface area contributed by atoms with Gasteiger partial charge in [0.1, 0.15) is 0 Å². The monoisotopic (exact) mass is 501 g/mol. The molecule has 0 radical (unpaired) electrons. The van der Waals surface area contributed by atoms with Crippen LogP contribution >= 0.6 is 24.0 Å². The molecule has 1 saturated carbocycles. The second-order valence-electron chi connectivity index (χ2n) is 7.83. The summed E-state index contributed by atoms with van der Waals surface area (Å²) in [5.74, 6) is 2.69. The fourth-order valence-electron chi connectivity index (χ4n) is 3.93. The largest absolute Gasteiger partial charge is 0.356 e. The van der Waals surface area contributed by atoms with E-state index in [0.717, 1.165) is 63.5 Å². The zero-order chi connectivity index (χ0) is 18.9. The highest BCUT2D eigenvalue weighted by molar-refractivity contribution is 14.0. The van der Waals surface area contributed by atoms with Crippen LogP contribution in [-0.2, 0) is 0 Å². The molecule has 2 heterocycles. The van der Waals surface area contributed by atoms with Crippen molar-refractivity contribution in [3.8, 4) is 0 Å². The van der Waals surface area contributed by atoms with Crippen LogP contribution in [0.2, 0.25) is 0 Å². The second kappa shape index (κ2) is 12.4. The Morgan fingerprint density at radius 1 is 1.11 bits per heavy atom. The standard InChI is InChI=1S/C20H35N7.HI/c1-17-5-7-18(8-6-17)25-19(21-2)22-11-4-12-26-13-15-27(16-14-26)20-23-9-3-10-24-20;/h3,9-10,17-18H,4-8,11-16H2,1-2H3,(H2,21,22,25);1H. The van der Waals surface area contributed by atoms with Crippen LogP contribution in [0.15, 0.2) is 23.5 Å². The van der Waals surface area contributed by atoms with Crippen molar-refractivity contribution >= 4 is 35.9 Å². The van der Waals surface area contributed by atoms with E-state index in [9.17, 15) is 0 Å². The molecule has 0 unspecified atom stereocenters. The lowest BCUT2D eigenvalue weighted by Gasteiger charge is -2.34. The topological polar surface area (TPSA) is 68.7 Å². The molecule has 1 saturated heterocycles. The van der Waals surface area contributed by atoms with Crippen LogP contribution in [-0.4, -0.2) is 73.2 Å². The number of hydrogen-bond acceptors (Lipinski definition) is 5. The van der Waals surface area contributed by atoms with E-state index < -0.39 is 0 Å². The molecule has 2 N–H and O–H groups in total. The van der Waals surface area contributed by atoms with Crippen LogP contribution in [0.1, 0.15) is 39.0 Å². The smallest absolute Gasteiger partial charge is 0.225 e. The van der Waals surface area contributed by atoms with E-state index in [1.807, 2.05) is 25.5 Å². The molecule has 0 spiro atoms. The fourth-order valence-corrected chi connectivity index (χ4v) is 3.93. The number of nitrogens with one attached hydrogen (secondary N) is 2. The summed E-state index contributed by atoms with van der Waals surface area (Å²) in [5.41, 5.74) is 0. The minimum atomic E-state index is 0. The Labute approximate surface area is 186 Å². The molecule has 1 aliphatic carbocycles. The molecule has 0 atom stereocenters. The number of guanidine groups is 1. The summed E-state index contributed by atoms with van der Waals surface area (Å²) < 4.78 is 0. The van der Waals surface area contributed by atoms with Gasteiger partial charge in [0.05, 0.1) is 0 Å². The summed E-state index contributed by atoms with van der Waals surface area (Å²) in [6, 6.07) is 2.45. The number of piperazine rings is 1. The number of aromatic nitrogens is 2. The maximum Gasteiger partial charge on any atom is 0.225 e. The lowest BCUT2D eigenvalue weighted by atomic mass is 9.87. The normalized spacial score (nSPS) is 23.8. The number of nitrogens with zero attached hydrogens (tertiary/aromatic N) is 5. The zero-order valence-corrected chi connectivity index (χ0v) is 19.6. The molecule has 8 heteroatoms. The predicted octanol–water partition coefficient (Wildman–Crippen LogP) is 2.35. The Hall–Kier alpha value is -1.16. The highest BCUT2D eigenvalue weighted by Crippen LogP contribution is 2.23. The Kier molecular flexibility index (Phi) is 10.3. The average molecular weight is 501 g/mol. The van der Waals surface area contributed by atoms with Gasteiger partial charge >= 0.3 is 0 Å². The lowest BCUT2D eigenvalue weighted by Crippen LogP contribution is -2.48. The van der Waals surface area contributed by atoms with E-state index in [0.29, 0.717) is 6.04 Å². The molecule has 0 amide bonds. The third-order valence-corrected chi connectivity index (χ3v) is 5.73. The summed E-state index contributed by atoms with van der Waals surface area (Å²) in [7, 11) is 1.87. The Morgan fingerprint density at radius 3 is 2.43 bits per heavy atom. The summed E-state index contributed by atoms with van der Waals surface area (Å²) in [6.07, 6.45) is 9.94. The molecule has 2 fully saturated rings. The minimum absolute atomic E-state index is 0. The van der Waals surface area contributed by atoms with E-state index in [1.165, 1.54) is 25.7 Å². The third kappa shape index (κ3) is 7.35. The Morgan fingerprint density at radius 2 is 1.79 bits per heavy atom. The molecule has 0 aromatic carbocycles. The Bertz CT molecular complexity index is 567. The van der Waals surface area contributed by atoms with Crippen molar-refractivity contribution in [1.82, 2.24) is 25.5 Å². The molecule has 1 aromatic rings. The van der Waals surface area contributed by atoms with E-state index in [1.54, 1.807) is 0 Å². The summed E-state index contributed by atoms with van der Waals surface area (Å²) in [5, 5.41) is 7.08. The van der Waals surface area contributed by atoms with E-state index in [2.05, 4.69) is 42.3 Å². The quantitative estimate of drug-likeness (QED) is 0.270. The third-order valence-electron chi connectivity index (χ3n) is 5.73. The molecule has 3 rings (SSSR count). The van der Waals surface area contributed by atoms with Gasteiger partial charge < -0.3 is 15.5 Å². The molecular weight excluding hydrogens is 465 g/mol. The molecule has 1 aliphatic heterocycles. The molecule has 0 bridgehead atoms. The van der Waals surface area contributed by atoms with Crippen LogP contribution in [0.4, 0.5) is 5.95 Å².